The molecule has 0 aliphatic heterocycles. The minimum absolute atomic E-state index is 0.0885. The molecular formula is C10H20N2O3. The predicted octanol–water partition coefficient (Wildman–Crippen LogP) is 1.34. The van der Waals surface area contributed by atoms with Crippen molar-refractivity contribution in [3.05, 3.63) is 0 Å². The number of rotatable bonds is 5. The van der Waals surface area contributed by atoms with Crippen LogP contribution in [0.25, 0.3) is 0 Å². The molecule has 0 saturated carbocycles. The van der Waals surface area contributed by atoms with E-state index in [0.717, 1.165) is 6.42 Å². The molecule has 0 aliphatic rings. The van der Waals surface area contributed by atoms with Crippen LogP contribution < -0.4 is 10.6 Å². The van der Waals surface area contributed by atoms with Gasteiger partial charge in [0.1, 0.15) is 0 Å². The van der Waals surface area contributed by atoms with Gasteiger partial charge in [-0.2, -0.15) is 0 Å². The number of carboxylic acids is 1. The fourth-order valence-corrected chi connectivity index (χ4v) is 1.09. The van der Waals surface area contributed by atoms with E-state index in [1.54, 1.807) is 13.8 Å². The molecule has 1 atom stereocenters. The van der Waals surface area contributed by atoms with Crippen molar-refractivity contribution in [3.8, 4) is 0 Å². The zero-order chi connectivity index (χ0) is 12.1. The number of carbonyl (C=O) groups excluding carboxylic acids is 1. The van der Waals surface area contributed by atoms with Gasteiger partial charge in [0.25, 0.3) is 0 Å². The lowest BCUT2D eigenvalue weighted by Gasteiger charge is -2.25. The Morgan fingerprint density at radius 3 is 2.33 bits per heavy atom. The van der Waals surface area contributed by atoms with Gasteiger partial charge in [-0.25, -0.2) is 4.79 Å². The molecule has 0 spiro atoms. The van der Waals surface area contributed by atoms with Crippen LogP contribution in [0.1, 0.15) is 40.5 Å². The average molecular weight is 216 g/mol. The molecule has 0 bridgehead atoms. The summed E-state index contributed by atoms with van der Waals surface area (Å²) in [4.78, 5) is 21.9. The highest BCUT2D eigenvalue weighted by atomic mass is 16.4. The van der Waals surface area contributed by atoms with E-state index in [9.17, 15) is 9.59 Å². The zero-order valence-electron chi connectivity index (χ0n) is 9.76. The molecule has 0 radical (unpaired) electrons. The van der Waals surface area contributed by atoms with Crippen LogP contribution in [0.5, 0.6) is 0 Å². The molecule has 2 amide bonds. The fourth-order valence-electron chi connectivity index (χ4n) is 1.09. The Kier molecular flexibility index (Phi) is 5.11. The summed E-state index contributed by atoms with van der Waals surface area (Å²) in [5.41, 5.74) is -0.733. The second-order valence-electron chi connectivity index (χ2n) is 4.36. The standard InChI is InChI=1S/C10H20N2O3/c1-5-7(2)11-9(15)12-10(3,4)6-8(13)14/h7H,5-6H2,1-4H3,(H,13,14)(H2,11,12,15). The smallest absolute Gasteiger partial charge is 0.315 e. The molecule has 1 unspecified atom stereocenters. The van der Waals surface area contributed by atoms with Gasteiger partial charge in [0.15, 0.2) is 0 Å². The van der Waals surface area contributed by atoms with Crippen molar-refractivity contribution in [3.63, 3.8) is 0 Å². The van der Waals surface area contributed by atoms with Gasteiger partial charge in [0.2, 0.25) is 0 Å². The lowest BCUT2D eigenvalue weighted by molar-refractivity contribution is -0.138. The molecule has 5 heteroatoms. The average Bonchev–Trinajstić information content (AvgIpc) is 1.99. The molecule has 3 N–H and O–H groups in total. The highest BCUT2D eigenvalue weighted by Gasteiger charge is 2.23. The highest BCUT2D eigenvalue weighted by molar-refractivity contribution is 5.76. The molecule has 0 heterocycles. The van der Waals surface area contributed by atoms with E-state index in [4.69, 9.17) is 5.11 Å². The van der Waals surface area contributed by atoms with E-state index in [0.29, 0.717) is 0 Å². The van der Waals surface area contributed by atoms with Gasteiger partial charge in [-0.05, 0) is 27.2 Å². The summed E-state index contributed by atoms with van der Waals surface area (Å²) in [5, 5.41) is 14.0. The number of amides is 2. The number of hydrogen-bond acceptors (Lipinski definition) is 2. The monoisotopic (exact) mass is 216 g/mol. The van der Waals surface area contributed by atoms with Crippen LogP contribution in [0.2, 0.25) is 0 Å². The molecular weight excluding hydrogens is 196 g/mol. The van der Waals surface area contributed by atoms with Crippen LogP contribution in [-0.4, -0.2) is 28.7 Å². The lowest BCUT2D eigenvalue weighted by Crippen LogP contribution is -2.51. The number of hydrogen-bond donors (Lipinski definition) is 3. The van der Waals surface area contributed by atoms with Crippen molar-refractivity contribution < 1.29 is 14.7 Å². The minimum Gasteiger partial charge on any atom is -0.481 e. The summed E-state index contributed by atoms with van der Waals surface area (Å²) in [6.45, 7) is 7.21. The molecule has 5 nitrogen and oxygen atoms in total. The third-order valence-corrected chi connectivity index (χ3v) is 2.03. The van der Waals surface area contributed by atoms with Crippen LogP contribution >= 0.6 is 0 Å². The first-order chi connectivity index (χ1) is 6.76. The van der Waals surface area contributed by atoms with E-state index in [1.165, 1.54) is 0 Å². The van der Waals surface area contributed by atoms with Crippen molar-refractivity contribution in [1.82, 2.24) is 10.6 Å². The Morgan fingerprint density at radius 1 is 1.40 bits per heavy atom. The quantitative estimate of drug-likeness (QED) is 0.649. The van der Waals surface area contributed by atoms with Gasteiger partial charge < -0.3 is 15.7 Å². The van der Waals surface area contributed by atoms with E-state index in [-0.39, 0.29) is 18.5 Å². The molecule has 0 aromatic carbocycles. The Bertz CT molecular complexity index is 239. The molecule has 0 fully saturated rings. The van der Waals surface area contributed by atoms with E-state index < -0.39 is 11.5 Å². The summed E-state index contributed by atoms with van der Waals surface area (Å²) in [5.74, 6) is -0.927. The Morgan fingerprint density at radius 2 is 1.93 bits per heavy atom. The molecule has 0 aliphatic carbocycles. The first kappa shape index (κ1) is 13.7. The van der Waals surface area contributed by atoms with Crippen molar-refractivity contribution in [2.24, 2.45) is 0 Å². The lowest BCUT2D eigenvalue weighted by atomic mass is 10.0. The van der Waals surface area contributed by atoms with Crippen LogP contribution in [0.15, 0.2) is 0 Å². The van der Waals surface area contributed by atoms with Crippen LogP contribution in [0.3, 0.4) is 0 Å². The van der Waals surface area contributed by atoms with Gasteiger partial charge >= 0.3 is 12.0 Å². The second-order valence-corrected chi connectivity index (χ2v) is 4.36. The third-order valence-electron chi connectivity index (χ3n) is 2.03. The normalized spacial score (nSPS) is 13.1. The van der Waals surface area contributed by atoms with Crippen LogP contribution in [0, 0.1) is 0 Å². The minimum atomic E-state index is -0.927. The molecule has 88 valence electrons. The van der Waals surface area contributed by atoms with Crippen molar-refractivity contribution in [2.45, 2.75) is 52.1 Å². The van der Waals surface area contributed by atoms with Crippen molar-refractivity contribution in [2.75, 3.05) is 0 Å². The van der Waals surface area contributed by atoms with E-state index >= 15 is 0 Å². The van der Waals surface area contributed by atoms with Crippen LogP contribution in [-0.2, 0) is 4.79 Å². The van der Waals surface area contributed by atoms with Crippen molar-refractivity contribution in [1.29, 1.82) is 0 Å². The third kappa shape index (κ3) is 6.76. The number of carboxylic acid groups (broad SMARTS) is 1. The maximum absolute atomic E-state index is 11.4. The van der Waals surface area contributed by atoms with E-state index in [2.05, 4.69) is 10.6 Å². The van der Waals surface area contributed by atoms with E-state index in [1.807, 2.05) is 13.8 Å². The number of nitrogens with one attached hydrogen (secondary N) is 2. The maximum Gasteiger partial charge on any atom is 0.315 e. The first-order valence-electron chi connectivity index (χ1n) is 5.07. The molecule has 0 rings (SSSR count). The summed E-state index contributed by atoms with van der Waals surface area (Å²) < 4.78 is 0. The SMILES string of the molecule is CCC(C)NC(=O)NC(C)(C)CC(=O)O. The topological polar surface area (TPSA) is 78.4 Å². The second kappa shape index (κ2) is 5.58. The zero-order valence-corrected chi connectivity index (χ0v) is 9.76. The maximum atomic E-state index is 11.4. The largest absolute Gasteiger partial charge is 0.481 e. The first-order valence-corrected chi connectivity index (χ1v) is 5.07. The predicted molar refractivity (Wildman–Crippen MR) is 57.8 cm³/mol. The van der Waals surface area contributed by atoms with Gasteiger partial charge in [0, 0.05) is 11.6 Å². The number of carbonyl (C=O) groups is 2. The molecule has 15 heavy (non-hydrogen) atoms. The number of aliphatic carboxylic acids is 1. The summed E-state index contributed by atoms with van der Waals surface area (Å²) in [6.07, 6.45) is 0.744. The molecule has 0 aromatic heterocycles. The Hall–Kier alpha value is -1.26. The molecule has 0 aromatic rings. The Labute approximate surface area is 90.2 Å². The summed E-state index contributed by atoms with van der Waals surface area (Å²) in [6, 6.07) is -0.235. The number of urea groups is 1. The van der Waals surface area contributed by atoms with Crippen LogP contribution in [0.4, 0.5) is 4.79 Å². The highest BCUT2D eigenvalue weighted by Crippen LogP contribution is 2.07. The summed E-state index contributed by atoms with van der Waals surface area (Å²) in [7, 11) is 0. The summed E-state index contributed by atoms with van der Waals surface area (Å²) >= 11 is 0. The molecule has 0 saturated heterocycles. The Balaban J connectivity index is 4.09. The van der Waals surface area contributed by atoms with Gasteiger partial charge in [-0.15, -0.1) is 0 Å². The van der Waals surface area contributed by atoms with Gasteiger partial charge in [-0.1, -0.05) is 6.92 Å². The van der Waals surface area contributed by atoms with Gasteiger partial charge in [-0.3, -0.25) is 4.79 Å². The fraction of sp³-hybridized carbons (Fsp3) is 0.800. The van der Waals surface area contributed by atoms with Crippen molar-refractivity contribution >= 4 is 12.0 Å². The van der Waals surface area contributed by atoms with Gasteiger partial charge in [0.05, 0.1) is 6.42 Å².